The van der Waals surface area contributed by atoms with Gasteiger partial charge in [-0.25, -0.2) is 0 Å². The van der Waals surface area contributed by atoms with Gasteiger partial charge in [0.25, 0.3) is 0 Å². The maximum absolute atomic E-state index is 12.0. The van der Waals surface area contributed by atoms with Crippen molar-refractivity contribution in [1.29, 1.82) is 5.26 Å². The summed E-state index contributed by atoms with van der Waals surface area (Å²) < 4.78 is 0. The van der Waals surface area contributed by atoms with Crippen molar-refractivity contribution < 1.29 is 4.79 Å². The molecule has 4 aliphatic rings. The molecule has 23 heavy (non-hydrogen) atoms. The summed E-state index contributed by atoms with van der Waals surface area (Å²) in [5.74, 6) is 3.48. The molecule has 124 valence electrons. The summed E-state index contributed by atoms with van der Waals surface area (Å²) in [5.41, 5.74) is 1.70. The van der Waals surface area contributed by atoms with E-state index in [0.29, 0.717) is 11.9 Å². The van der Waals surface area contributed by atoms with Gasteiger partial charge in [0.05, 0.1) is 6.07 Å². The summed E-state index contributed by atoms with van der Waals surface area (Å²) in [7, 11) is 2.02. The molecule has 1 heterocycles. The Labute approximate surface area is 139 Å². The van der Waals surface area contributed by atoms with Gasteiger partial charge in [-0.05, 0) is 74.0 Å². The molecule has 0 aromatic carbocycles. The van der Waals surface area contributed by atoms with E-state index < -0.39 is 0 Å². The maximum atomic E-state index is 12.0. The van der Waals surface area contributed by atoms with E-state index in [1.165, 1.54) is 37.7 Å². The number of carbonyl (C=O) groups excluding carboxylic acids is 1. The van der Waals surface area contributed by atoms with E-state index in [9.17, 15) is 4.79 Å². The molecule has 0 aromatic heterocycles. The first-order chi connectivity index (χ1) is 11.1. The van der Waals surface area contributed by atoms with Crippen molar-refractivity contribution in [3.63, 3.8) is 0 Å². The average molecular weight is 312 g/mol. The number of nitriles is 1. The van der Waals surface area contributed by atoms with E-state index in [1.807, 2.05) is 13.1 Å². The number of carbonyl (C=O) groups is 1. The first kappa shape index (κ1) is 15.2. The zero-order valence-electron chi connectivity index (χ0n) is 14.4. The second-order valence-electron chi connectivity index (χ2n) is 8.58. The van der Waals surface area contributed by atoms with Crippen LogP contribution < -0.4 is 0 Å². The minimum absolute atomic E-state index is 0.278. The van der Waals surface area contributed by atoms with Crippen molar-refractivity contribution in [1.82, 2.24) is 4.90 Å². The fourth-order valence-corrected chi connectivity index (χ4v) is 6.83. The van der Waals surface area contributed by atoms with Gasteiger partial charge in [-0.3, -0.25) is 4.79 Å². The standard InChI is InChI=1S/C20H28N2O/c1-20-11-9-14-15(17(20)6-3-13(20)10-12-21)4-7-18-16(14)5-8-19(23)22(18)2/h10,14-18H,3-9,11H2,1-2H3/b13-10+/t14-,15+,16+,17-,18+,20+/m0/s1. The van der Waals surface area contributed by atoms with Gasteiger partial charge in [0.15, 0.2) is 0 Å². The third-order valence-electron chi connectivity index (χ3n) is 8.00. The second-order valence-corrected chi connectivity index (χ2v) is 8.58. The number of hydrogen-bond donors (Lipinski definition) is 0. The summed E-state index contributed by atoms with van der Waals surface area (Å²) in [6, 6.07) is 2.79. The Morgan fingerprint density at radius 3 is 2.74 bits per heavy atom. The average Bonchev–Trinajstić information content (AvgIpc) is 2.88. The molecule has 3 nitrogen and oxygen atoms in total. The van der Waals surface area contributed by atoms with Crippen molar-refractivity contribution in [2.75, 3.05) is 7.05 Å². The van der Waals surface area contributed by atoms with Gasteiger partial charge in [-0.15, -0.1) is 0 Å². The van der Waals surface area contributed by atoms with Gasteiger partial charge in [-0.1, -0.05) is 12.5 Å². The zero-order valence-corrected chi connectivity index (χ0v) is 14.4. The van der Waals surface area contributed by atoms with E-state index in [-0.39, 0.29) is 5.41 Å². The highest BCUT2D eigenvalue weighted by Gasteiger charge is 2.55. The molecule has 4 rings (SSSR count). The van der Waals surface area contributed by atoms with Crippen LogP contribution in [-0.2, 0) is 4.79 Å². The van der Waals surface area contributed by atoms with Gasteiger partial charge < -0.3 is 4.90 Å². The van der Waals surface area contributed by atoms with E-state index in [0.717, 1.165) is 42.9 Å². The van der Waals surface area contributed by atoms with Gasteiger partial charge in [0.1, 0.15) is 0 Å². The molecular weight excluding hydrogens is 284 g/mol. The molecule has 3 heteroatoms. The molecule has 1 saturated heterocycles. The molecule has 0 spiro atoms. The van der Waals surface area contributed by atoms with Crippen molar-refractivity contribution in [3.05, 3.63) is 11.6 Å². The Morgan fingerprint density at radius 1 is 1.13 bits per heavy atom. The van der Waals surface area contributed by atoms with E-state index in [1.54, 1.807) is 0 Å². The number of likely N-dealkylation sites (tertiary alicyclic amines) is 1. The van der Waals surface area contributed by atoms with Crippen LogP contribution in [0.2, 0.25) is 0 Å². The van der Waals surface area contributed by atoms with Crippen LogP contribution >= 0.6 is 0 Å². The molecule has 3 saturated carbocycles. The SMILES string of the molecule is CN1C(=O)CC[C@@H]2[C@H]3CC[C@]4(C)/C(=C/C#N)CC[C@H]4[C@@H]3CC[C@H]21. The number of amides is 1. The first-order valence-corrected chi connectivity index (χ1v) is 9.41. The lowest BCUT2D eigenvalue weighted by atomic mass is 9.52. The van der Waals surface area contributed by atoms with Crippen LogP contribution in [-0.4, -0.2) is 23.9 Å². The molecule has 4 fully saturated rings. The molecule has 3 aliphatic carbocycles. The van der Waals surface area contributed by atoms with Crippen molar-refractivity contribution in [3.8, 4) is 6.07 Å². The molecule has 0 unspecified atom stereocenters. The molecule has 0 radical (unpaired) electrons. The summed E-state index contributed by atoms with van der Waals surface area (Å²) in [6.45, 7) is 2.42. The largest absolute Gasteiger partial charge is 0.342 e. The minimum atomic E-state index is 0.278. The van der Waals surface area contributed by atoms with Crippen LogP contribution in [0.1, 0.15) is 58.3 Å². The van der Waals surface area contributed by atoms with Gasteiger partial charge in [0.2, 0.25) is 5.91 Å². The van der Waals surface area contributed by atoms with Crippen LogP contribution in [0.5, 0.6) is 0 Å². The van der Waals surface area contributed by atoms with E-state index in [2.05, 4.69) is 17.9 Å². The van der Waals surface area contributed by atoms with Crippen LogP contribution in [0.4, 0.5) is 0 Å². The van der Waals surface area contributed by atoms with Crippen LogP contribution in [0.3, 0.4) is 0 Å². The highest BCUT2D eigenvalue weighted by Crippen LogP contribution is 2.63. The third kappa shape index (κ3) is 2.10. The number of hydrogen-bond acceptors (Lipinski definition) is 2. The van der Waals surface area contributed by atoms with Crippen LogP contribution in [0.15, 0.2) is 11.6 Å². The normalized spacial score (nSPS) is 47.7. The van der Waals surface area contributed by atoms with Gasteiger partial charge in [-0.2, -0.15) is 5.26 Å². The number of piperidine rings is 1. The maximum Gasteiger partial charge on any atom is 0.222 e. The second kappa shape index (κ2) is 5.36. The lowest BCUT2D eigenvalue weighted by molar-refractivity contribution is -0.143. The quantitative estimate of drug-likeness (QED) is 0.637. The molecule has 6 atom stereocenters. The molecule has 0 N–H and O–H groups in total. The monoisotopic (exact) mass is 312 g/mol. The highest BCUT2D eigenvalue weighted by molar-refractivity contribution is 5.77. The van der Waals surface area contributed by atoms with E-state index >= 15 is 0 Å². The zero-order chi connectivity index (χ0) is 16.2. The molecule has 0 bridgehead atoms. The molecular formula is C20H28N2O. The fraction of sp³-hybridized carbons (Fsp3) is 0.800. The fourth-order valence-electron chi connectivity index (χ4n) is 6.83. The minimum Gasteiger partial charge on any atom is -0.342 e. The summed E-state index contributed by atoms with van der Waals surface area (Å²) >= 11 is 0. The number of nitrogens with zero attached hydrogens (tertiary/aromatic N) is 2. The summed E-state index contributed by atoms with van der Waals surface area (Å²) in [6.07, 6.45) is 11.1. The summed E-state index contributed by atoms with van der Waals surface area (Å²) in [4.78, 5) is 14.1. The van der Waals surface area contributed by atoms with Crippen LogP contribution in [0, 0.1) is 40.4 Å². The Kier molecular flexibility index (Phi) is 3.55. The lowest BCUT2D eigenvalue weighted by Crippen LogP contribution is -2.55. The number of fused-ring (bicyclic) bond motifs is 5. The van der Waals surface area contributed by atoms with E-state index in [4.69, 9.17) is 5.26 Å². The molecule has 1 aliphatic heterocycles. The predicted molar refractivity (Wildman–Crippen MR) is 89.3 cm³/mol. The number of rotatable bonds is 0. The van der Waals surface area contributed by atoms with Crippen LogP contribution in [0.25, 0.3) is 0 Å². The van der Waals surface area contributed by atoms with Gasteiger partial charge in [0, 0.05) is 25.6 Å². The Hall–Kier alpha value is -1.30. The van der Waals surface area contributed by atoms with Crippen molar-refractivity contribution >= 4 is 5.91 Å². The predicted octanol–water partition coefficient (Wildman–Crippen LogP) is 3.91. The first-order valence-electron chi connectivity index (χ1n) is 9.41. The molecule has 1 amide bonds. The smallest absolute Gasteiger partial charge is 0.222 e. The summed E-state index contributed by atoms with van der Waals surface area (Å²) in [5, 5.41) is 9.11. The third-order valence-corrected chi connectivity index (χ3v) is 8.00. The lowest BCUT2D eigenvalue weighted by Gasteiger charge is -2.56. The van der Waals surface area contributed by atoms with Crippen molar-refractivity contribution in [2.24, 2.45) is 29.1 Å². The van der Waals surface area contributed by atoms with Gasteiger partial charge >= 0.3 is 0 Å². The number of allylic oxidation sites excluding steroid dienone is 2. The topological polar surface area (TPSA) is 44.1 Å². The Bertz CT molecular complexity index is 589. The Morgan fingerprint density at radius 2 is 1.96 bits per heavy atom. The highest BCUT2D eigenvalue weighted by atomic mass is 16.2. The molecule has 0 aromatic rings. The van der Waals surface area contributed by atoms with Crippen molar-refractivity contribution in [2.45, 2.75) is 64.3 Å². The Balaban J connectivity index is 1.60.